The number of fused-ring (bicyclic) bond motifs is 4. The second-order valence-corrected chi connectivity index (χ2v) is 12.1. The first kappa shape index (κ1) is 25.1. The third-order valence-electron chi connectivity index (χ3n) is 7.67. The normalized spacial score (nSPS) is 15.2. The molecule has 1 spiro atoms. The maximum absolute atomic E-state index is 14.5. The highest BCUT2D eigenvalue weighted by molar-refractivity contribution is 9.10. The zero-order chi connectivity index (χ0) is 26.3. The molecule has 1 heterocycles. The Labute approximate surface area is 234 Å². The Kier molecular flexibility index (Phi) is 6.74. The van der Waals surface area contributed by atoms with Crippen molar-refractivity contribution in [1.82, 2.24) is 9.55 Å². The van der Waals surface area contributed by atoms with Crippen LogP contribution in [0.3, 0.4) is 0 Å². The topological polar surface area (TPSA) is 64.0 Å². The van der Waals surface area contributed by atoms with Crippen LogP contribution in [-0.2, 0) is 16.6 Å². The van der Waals surface area contributed by atoms with Gasteiger partial charge >= 0.3 is 0 Å². The van der Waals surface area contributed by atoms with Crippen LogP contribution in [0.4, 0.5) is 5.69 Å². The van der Waals surface area contributed by atoms with Crippen LogP contribution in [0.5, 0.6) is 0 Å². The molecule has 1 N–H and O–H groups in total. The van der Waals surface area contributed by atoms with Gasteiger partial charge in [0.1, 0.15) is 0 Å². The van der Waals surface area contributed by atoms with Crippen LogP contribution in [0, 0.1) is 6.92 Å². The Balaban J connectivity index is 1.46. The lowest BCUT2D eigenvalue weighted by Gasteiger charge is -2.36. The highest BCUT2D eigenvalue weighted by atomic mass is 79.9. The Morgan fingerprint density at radius 1 is 1.05 bits per heavy atom. The molecule has 1 saturated carbocycles. The van der Waals surface area contributed by atoms with E-state index in [0.717, 1.165) is 70.3 Å². The molecule has 1 aromatic heterocycles. The number of aryl methyl sites for hydroxylation is 1. The van der Waals surface area contributed by atoms with E-state index in [1.54, 1.807) is 4.57 Å². The number of nitrogens with zero attached hydrogens (tertiary/aromatic N) is 2. The maximum atomic E-state index is 14.5. The summed E-state index contributed by atoms with van der Waals surface area (Å²) in [6.45, 7) is 2.02. The minimum Gasteiger partial charge on any atom is -0.325 e. The minimum atomic E-state index is -0.179. The number of rotatable bonds is 5. The van der Waals surface area contributed by atoms with Gasteiger partial charge in [0.15, 0.2) is 5.16 Å². The number of benzene rings is 3. The summed E-state index contributed by atoms with van der Waals surface area (Å²) in [4.78, 5) is 32.5. The molecule has 3 aromatic carbocycles. The summed E-state index contributed by atoms with van der Waals surface area (Å²) in [6.07, 6.45) is 5.13. The summed E-state index contributed by atoms with van der Waals surface area (Å²) in [6, 6.07) is 23.8. The number of halogens is 1. The van der Waals surface area contributed by atoms with Gasteiger partial charge in [0.25, 0.3) is 5.56 Å². The van der Waals surface area contributed by atoms with Gasteiger partial charge in [-0.2, -0.15) is 0 Å². The Bertz CT molecular complexity index is 1590. The van der Waals surface area contributed by atoms with E-state index in [1.807, 2.05) is 61.5 Å². The Hall–Kier alpha value is -3.16. The molecule has 6 rings (SSSR count). The largest absolute Gasteiger partial charge is 0.325 e. The zero-order valence-corrected chi connectivity index (χ0v) is 23.6. The number of amides is 1. The lowest BCUT2D eigenvalue weighted by atomic mass is 9.68. The molecular weight excluding hydrogens is 558 g/mol. The molecule has 192 valence electrons. The molecule has 0 radical (unpaired) electrons. The Morgan fingerprint density at radius 3 is 2.58 bits per heavy atom. The van der Waals surface area contributed by atoms with Gasteiger partial charge in [-0.25, -0.2) is 4.98 Å². The molecule has 1 fully saturated rings. The van der Waals surface area contributed by atoms with E-state index >= 15 is 0 Å². The highest BCUT2D eigenvalue weighted by Crippen LogP contribution is 2.50. The summed E-state index contributed by atoms with van der Waals surface area (Å²) in [5, 5.41) is 3.48. The van der Waals surface area contributed by atoms with E-state index < -0.39 is 0 Å². The number of carbonyl (C=O) groups is 1. The molecule has 0 saturated heterocycles. The molecule has 0 bridgehead atoms. The first-order chi connectivity index (χ1) is 18.4. The van der Waals surface area contributed by atoms with Gasteiger partial charge in [-0.05, 0) is 73.7 Å². The molecule has 0 unspecified atom stereocenters. The number of thioether (sulfide) groups is 1. The van der Waals surface area contributed by atoms with Gasteiger partial charge in [-0.3, -0.25) is 14.2 Å². The van der Waals surface area contributed by atoms with Gasteiger partial charge in [0, 0.05) is 21.1 Å². The van der Waals surface area contributed by atoms with Crippen molar-refractivity contribution < 1.29 is 4.79 Å². The van der Waals surface area contributed by atoms with Gasteiger partial charge in [0.05, 0.1) is 22.7 Å². The highest BCUT2D eigenvalue weighted by Gasteiger charge is 2.44. The first-order valence-electron chi connectivity index (χ1n) is 12.9. The number of anilines is 1. The van der Waals surface area contributed by atoms with Crippen molar-refractivity contribution in [3.8, 4) is 16.9 Å². The van der Waals surface area contributed by atoms with Gasteiger partial charge < -0.3 is 5.32 Å². The van der Waals surface area contributed by atoms with Crippen molar-refractivity contribution in [3.05, 3.63) is 104 Å². The van der Waals surface area contributed by atoms with Crippen LogP contribution in [0.25, 0.3) is 16.9 Å². The zero-order valence-electron chi connectivity index (χ0n) is 21.2. The van der Waals surface area contributed by atoms with Crippen LogP contribution in [0.15, 0.2) is 87.2 Å². The predicted molar refractivity (Wildman–Crippen MR) is 157 cm³/mol. The van der Waals surface area contributed by atoms with E-state index in [4.69, 9.17) is 4.98 Å². The van der Waals surface area contributed by atoms with E-state index in [1.165, 1.54) is 17.3 Å². The van der Waals surface area contributed by atoms with Gasteiger partial charge in [-0.15, -0.1) is 0 Å². The minimum absolute atomic E-state index is 0.00665. The standard InChI is InChI=1S/C31H28BrN3O2S/c1-20-7-6-9-24(17-20)35-29(37)27-28(25-10-3-2-8-21(25)18-31(27)15-4-5-16-31)34-30(35)38-19-26(36)33-23-13-11-22(32)12-14-23/h2-3,6-14,17H,4-5,15-16,18-19H2,1H3,(H,33,36). The molecule has 0 aliphatic heterocycles. The second-order valence-electron chi connectivity index (χ2n) is 10.3. The van der Waals surface area contributed by atoms with Crippen LogP contribution in [-0.4, -0.2) is 21.2 Å². The predicted octanol–water partition coefficient (Wildman–Crippen LogP) is 7.07. The van der Waals surface area contributed by atoms with Crippen molar-refractivity contribution in [1.29, 1.82) is 0 Å². The van der Waals surface area contributed by atoms with Crippen molar-refractivity contribution >= 4 is 39.3 Å². The summed E-state index contributed by atoms with van der Waals surface area (Å²) >= 11 is 4.72. The van der Waals surface area contributed by atoms with E-state index in [0.29, 0.717) is 5.16 Å². The van der Waals surface area contributed by atoms with E-state index in [-0.39, 0.29) is 22.6 Å². The van der Waals surface area contributed by atoms with Crippen LogP contribution < -0.4 is 10.9 Å². The molecule has 1 amide bonds. The van der Waals surface area contributed by atoms with Crippen LogP contribution >= 0.6 is 27.7 Å². The fraction of sp³-hybridized carbons (Fsp3) is 0.258. The Morgan fingerprint density at radius 2 is 1.82 bits per heavy atom. The van der Waals surface area contributed by atoms with Crippen LogP contribution in [0.2, 0.25) is 0 Å². The summed E-state index contributed by atoms with van der Waals surface area (Å²) in [5.74, 6) is -0.00682. The van der Waals surface area contributed by atoms with Gasteiger partial charge in [-0.1, -0.05) is 76.9 Å². The van der Waals surface area contributed by atoms with Crippen molar-refractivity contribution in [3.63, 3.8) is 0 Å². The molecular formula is C31H28BrN3O2S. The lowest BCUT2D eigenvalue weighted by Crippen LogP contribution is -2.40. The monoisotopic (exact) mass is 585 g/mol. The number of hydrogen-bond acceptors (Lipinski definition) is 4. The third kappa shape index (κ3) is 4.63. The number of aromatic nitrogens is 2. The van der Waals surface area contributed by atoms with Gasteiger partial charge in [0.2, 0.25) is 5.91 Å². The lowest BCUT2D eigenvalue weighted by molar-refractivity contribution is -0.113. The first-order valence-corrected chi connectivity index (χ1v) is 14.7. The maximum Gasteiger partial charge on any atom is 0.263 e. The third-order valence-corrected chi connectivity index (χ3v) is 9.13. The molecule has 7 heteroatoms. The number of hydrogen-bond donors (Lipinski definition) is 1. The molecule has 38 heavy (non-hydrogen) atoms. The molecule has 4 aromatic rings. The molecule has 0 atom stereocenters. The molecule has 5 nitrogen and oxygen atoms in total. The fourth-order valence-electron chi connectivity index (χ4n) is 5.96. The molecule has 2 aliphatic carbocycles. The van der Waals surface area contributed by atoms with E-state index in [9.17, 15) is 9.59 Å². The number of nitrogens with one attached hydrogen (secondary N) is 1. The van der Waals surface area contributed by atoms with Crippen molar-refractivity contribution in [2.24, 2.45) is 0 Å². The fourth-order valence-corrected chi connectivity index (χ4v) is 7.03. The summed E-state index contributed by atoms with van der Waals surface area (Å²) < 4.78 is 2.68. The van der Waals surface area contributed by atoms with E-state index in [2.05, 4.69) is 39.4 Å². The average molecular weight is 587 g/mol. The SMILES string of the molecule is Cc1cccc(-n2c(SCC(=O)Nc3ccc(Br)cc3)nc3c(c2=O)C2(CCCC2)Cc2ccccc2-3)c1. The summed E-state index contributed by atoms with van der Waals surface area (Å²) in [7, 11) is 0. The summed E-state index contributed by atoms with van der Waals surface area (Å²) in [5.41, 5.74) is 6.32. The number of carbonyl (C=O) groups excluding carboxylic acids is 1. The second kappa shape index (κ2) is 10.2. The van der Waals surface area contributed by atoms with Crippen molar-refractivity contribution in [2.75, 3.05) is 11.1 Å². The smallest absolute Gasteiger partial charge is 0.263 e. The van der Waals surface area contributed by atoms with Crippen LogP contribution in [0.1, 0.15) is 42.4 Å². The molecule has 2 aliphatic rings. The quantitative estimate of drug-likeness (QED) is 0.201. The average Bonchev–Trinajstić information content (AvgIpc) is 3.37. The van der Waals surface area contributed by atoms with Crippen molar-refractivity contribution in [2.45, 2.75) is 49.6 Å².